The zero-order chi connectivity index (χ0) is 20.1. The van der Waals surface area contributed by atoms with Crippen LogP contribution in [-0.2, 0) is 4.74 Å². The van der Waals surface area contributed by atoms with Crippen molar-refractivity contribution in [3.05, 3.63) is 40.6 Å². The molecule has 0 saturated carbocycles. The lowest BCUT2D eigenvalue weighted by molar-refractivity contribution is 0.0521. The van der Waals surface area contributed by atoms with E-state index in [4.69, 9.17) is 24.4 Å². The minimum atomic E-state index is -0.947. The number of ether oxygens (including phenoxy) is 3. The molecule has 0 aliphatic heterocycles. The van der Waals surface area contributed by atoms with Gasteiger partial charge < -0.3 is 24.4 Å². The molecule has 0 spiro atoms. The number of nitrogens with one attached hydrogen (secondary N) is 1. The third-order valence-corrected chi connectivity index (χ3v) is 3.69. The van der Waals surface area contributed by atoms with E-state index in [0.717, 1.165) is 0 Å². The number of carbonyl (C=O) groups excluding carboxylic acids is 3. The molecule has 1 aromatic carbocycles. The molecule has 0 atom stereocenters. The molecule has 0 aliphatic rings. The van der Waals surface area contributed by atoms with Crippen LogP contribution in [0, 0.1) is 6.92 Å². The highest BCUT2D eigenvalue weighted by Crippen LogP contribution is 2.32. The Kier molecular flexibility index (Phi) is 6.07. The Morgan fingerprint density at radius 3 is 2.15 bits per heavy atom. The normalized spacial score (nSPS) is 10.2. The molecule has 0 unspecified atom stereocenters. The van der Waals surface area contributed by atoms with E-state index < -0.39 is 17.8 Å². The highest BCUT2D eigenvalue weighted by Gasteiger charge is 2.30. The van der Waals surface area contributed by atoms with Crippen LogP contribution in [0.3, 0.4) is 0 Å². The molecule has 0 fully saturated rings. The van der Waals surface area contributed by atoms with Crippen LogP contribution in [0.1, 0.15) is 43.8 Å². The van der Waals surface area contributed by atoms with Gasteiger partial charge in [-0.2, -0.15) is 0 Å². The predicted molar refractivity (Wildman–Crippen MR) is 95.4 cm³/mol. The zero-order valence-corrected chi connectivity index (χ0v) is 15.4. The second kappa shape index (κ2) is 8.26. The number of hydrogen-bond donors (Lipinski definition) is 2. The fraction of sp³-hybridized carbons (Fsp3) is 0.278. The van der Waals surface area contributed by atoms with Crippen LogP contribution in [0.5, 0.6) is 11.5 Å². The maximum atomic E-state index is 12.8. The first-order chi connectivity index (χ1) is 12.8. The summed E-state index contributed by atoms with van der Waals surface area (Å²) in [6.45, 7) is 3.17. The molecule has 144 valence electrons. The van der Waals surface area contributed by atoms with E-state index in [1.54, 1.807) is 25.1 Å². The summed E-state index contributed by atoms with van der Waals surface area (Å²) in [5, 5.41) is 2.44. The largest absolute Gasteiger partial charge is 0.496 e. The number of esters is 1. The Labute approximate surface area is 155 Å². The topological polar surface area (TPSA) is 130 Å². The van der Waals surface area contributed by atoms with Gasteiger partial charge in [0.2, 0.25) is 5.88 Å². The summed E-state index contributed by atoms with van der Waals surface area (Å²) in [5.41, 5.74) is 5.07. The number of furan rings is 1. The summed E-state index contributed by atoms with van der Waals surface area (Å²) in [6, 6.07) is 4.80. The third kappa shape index (κ3) is 3.86. The van der Waals surface area contributed by atoms with Gasteiger partial charge in [0.05, 0.1) is 20.8 Å². The molecular formula is C18H20N2O7. The molecule has 0 aliphatic carbocycles. The first-order valence-electron chi connectivity index (χ1n) is 7.98. The lowest BCUT2D eigenvalue weighted by atomic mass is 10.1. The Bertz CT molecular complexity index is 864. The van der Waals surface area contributed by atoms with Gasteiger partial charge in [-0.05, 0) is 26.0 Å². The van der Waals surface area contributed by atoms with Crippen molar-refractivity contribution < 1.29 is 33.0 Å². The SMILES string of the molecule is CCOC(=O)c1c(C)oc(NC(=O)c2c(OC)cccc2OC)c1C(N)=O. The Morgan fingerprint density at radius 2 is 1.67 bits per heavy atom. The van der Waals surface area contributed by atoms with E-state index in [9.17, 15) is 14.4 Å². The molecule has 0 bridgehead atoms. The molecule has 2 aromatic rings. The van der Waals surface area contributed by atoms with Crippen molar-refractivity contribution in [3.63, 3.8) is 0 Å². The molecule has 2 rings (SSSR count). The molecule has 0 saturated heterocycles. The maximum absolute atomic E-state index is 12.8. The Morgan fingerprint density at radius 1 is 1.07 bits per heavy atom. The van der Waals surface area contributed by atoms with Gasteiger partial charge in [0, 0.05) is 0 Å². The molecule has 1 aromatic heterocycles. The Balaban J connectivity index is 2.50. The van der Waals surface area contributed by atoms with Gasteiger partial charge in [-0.3, -0.25) is 14.9 Å². The average Bonchev–Trinajstić information content (AvgIpc) is 2.96. The van der Waals surface area contributed by atoms with E-state index in [1.807, 2.05) is 0 Å². The summed E-state index contributed by atoms with van der Waals surface area (Å²) in [5.74, 6) is -2.07. The fourth-order valence-electron chi connectivity index (χ4n) is 2.56. The molecule has 1 heterocycles. The highest BCUT2D eigenvalue weighted by atomic mass is 16.5. The highest BCUT2D eigenvalue weighted by molar-refractivity contribution is 6.14. The summed E-state index contributed by atoms with van der Waals surface area (Å²) >= 11 is 0. The summed E-state index contributed by atoms with van der Waals surface area (Å²) in [4.78, 5) is 36.8. The van der Waals surface area contributed by atoms with Crippen LogP contribution in [-0.4, -0.2) is 38.6 Å². The number of anilines is 1. The minimum Gasteiger partial charge on any atom is -0.496 e. The number of hydrogen-bond acceptors (Lipinski definition) is 7. The fourth-order valence-corrected chi connectivity index (χ4v) is 2.56. The molecule has 2 amide bonds. The van der Waals surface area contributed by atoms with Gasteiger partial charge in [0.15, 0.2) is 0 Å². The quantitative estimate of drug-likeness (QED) is 0.708. The number of rotatable bonds is 7. The van der Waals surface area contributed by atoms with Crippen molar-refractivity contribution in [1.82, 2.24) is 0 Å². The van der Waals surface area contributed by atoms with Crippen molar-refractivity contribution in [3.8, 4) is 11.5 Å². The second-order valence-corrected chi connectivity index (χ2v) is 5.31. The lowest BCUT2D eigenvalue weighted by Crippen LogP contribution is -2.20. The van der Waals surface area contributed by atoms with E-state index in [1.165, 1.54) is 21.1 Å². The van der Waals surface area contributed by atoms with Crippen LogP contribution < -0.4 is 20.5 Å². The van der Waals surface area contributed by atoms with Crippen LogP contribution in [0.4, 0.5) is 5.88 Å². The number of amides is 2. The number of benzene rings is 1. The number of carbonyl (C=O) groups is 3. The first kappa shape index (κ1) is 19.8. The molecule has 0 radical (unpaired) electrons. The van der Waals surface area contributed by atoms with Gasteiger partial charge >= 0.3 is 5.97 Å². The maximum Gasteiger partial charge on any atom is 0.342 e. The van der Waals surface area contributed by atoms with Gasteiger partial charge in [-0.25, -0.2) is 4.79 Å². The number of primary amides is 1. The van der Waals surface area contributed by atoms with Crippen LogP contribution in [0.25, 0.3) is 0 Å². The summed E-state index contributed by atoms with van der Waals surface area (Å²) < 4.78 is 20.7. The van der Waals surface area contributed by atoms with Crippen molar-refractivity contribution >= 4 is 23.7 Å². The minimum absolute atomic E-state index is 0.0875. The average molecular weight is 376 g/mol. The first-order valence-corrected chi connectivity index (χ1v) is 7.98. The second-order valence-electron chi connectivity index (χ2n) is 5.31. The summed E-state index contributed by atoms with van der Waals surface area (Å²) in [7, 11) is 2.80. The van der Waals surface area contributed by atoms with E-state index >= 15 is 0 Å². The molecular weight excluding hydrogens is 356 g/mol. The van der Waals surface area contributed by atoms with Crippen molar-refractivity contribution in [2.45, 2.75) is 13.8 Å². The van der Waals surface area contributed by atoms with Crippen molar-refractivity contribution in [1.29, 1.82) is 0 Å². The monoisotopic (exact) mass is 376 g/mol. The standard InChI is InChI=1S/C18H20N2O7/c1-5-26-18(23)12-9(2)27-17(14(12)15(19)21)20-16(22)13-10(24-3)7-6-8-11(13)25-4/h6-8H,5H2,1-4H3,(H2,19,21)(H,20,22). The number of methoxy groups -OCH3 is 2. The number of aryl methyl sites for hydroxylation is 1. The smallest absolute Gasteiger partial charge is 0.342 e. The van der Waals surface area contributed by atoms with Crippen molar-refractivity contribution in [2.75, 3.05) is 26.1 Å². The van der Waals surface area contributed by atoms with Gasteiger partial charge in [0.25, 0.3) is 11.8 Å². The van der Waals surface area contributed by atoms with Crippen LogP contribution >= 0.6 is 0 Å². The molecule has 27 heavy (non-hydrogen) atoms. The molecule has 3 N–H and O–H groups in total. The van der Waals surface area contributed by atoms with E-state index in [-0.39, 0.29) is 46.4 Å². The number of nitrogens with two attached hydrogens (primary N) is 1. The predicted octanol–water partition coefficient (Wildman–Crippen LogP) is 2.13. The van der Waals surface area contributed by atoms with E-state index in [0.29, 0.717) is 0 Å². The molecule has 9 heteroatoms. The summed E-state index contributed by atoms with van der Waals surface area (Å²) in [6.07, 6.45) is 0. The Hall–Kier alpha value is -3.49. The zero-order valence-electron chi connectivity index (χ0n) is 15.4. The lowest BCUT2D eigenvalue weighted by Gasteiger charge is -2.12. The third-order valence-electron chi connectivity index (χ3n) is 3.69. The van der Waals surface area contributed by atoms with Crippen molar-refractivity contribution in [2.24, 2.45) is 5.73 Å². The van der Waals surface area contributed by atoms with Gasteiger partial charge in [-0.1, -0.05) is 6.07 Å². The van der Waals surface area contributed by atoms with Gasteiger partial charge in [0.1, 0.15) is 33.9 Å². The van der Waals surface area contributed by atoms with Crippen LogP contribution in [0.2, 0.25) is 0 Å². The van der Waals surface area contributed by atoms with E-state index in [2.05, 4.69) is 5.32 Å². The van der Waals surface area contributed by atoms with Crippen LogP contribution in [0.15, 0.2) is 22.6 Å². The molecule has 9 nitrogen and oxygen atoms in total. The van der Waals surface area contributed by atoms with Gasteiger partial charge in [-0.15, -0.1) is 0 Å².